The van der Waals surface area contributed by atoms with Gasteiger partial charge in [0.05, 0.1) is 6.61 Å². The zero-order valence-electron chi connectivity index (χ0n) is 9.60. The molecule has 0 aliphatic carbocycles. The van der Waals surface area contributed by atoms with Gasteiger partial charge >= 0.3 is 5.97 Å². The Morgan fingerprint density at radius 2 is 2.06 bits per heavy atom. The molecule has 1 aromatic rings. The summed E-state index contributed by atoms with van der Waals surface area (Å²) in [6.45, 7) is 3.31. The fourth-order valence-electron chi connectivity index (χ4n) is 1.35. The molecule has 0 aliphatic heterocycles. The van der Waals surface area contributed by atoms with Crippen molar-refractivity contribution in [3.05, 3.63) is 34.9 Å². The third-order valence-electron chi connectivity index (χ3n) is 2.27. The van der Waals surface area contributed by atoms with Gasteiger partial charge in [0.25, 0.3) is 0 Å². The molecule has 5 heteroatoms. The van der Waals surface area contributed by atoms with Crippen LogP contribution in [-0.4, -0.2) is 18.0 Å². The first-order valence-electron chi connectivity index (χ1n) is 5.21. The van der Waals surface area contributed by atoms with Crippen LogP contribution in [0, 0.1) is 18.6 Å². The van der Waals surface area contributed by atoms with Crippen LogP contribution in [0.4, 0.5) is 8.78 Å². The quantitative estimate of drug-likeness (QED) is 0.616. The summed E-state index contributed by atoms with van der Waals surface area (Å²) in [5.41, 5.74) is 0.287. The summed E-state index contributed by atoms with van der Waals surface area (Å²) in [5.74, 6) is -1.72. The number of ether oxygens (including phenoxy) is 1. The molecule has 0 saturated heterocycles. The first-order valence-corrected chi connectivity index (χ1v) is 5.64. The van der Waals surface area contributed by atoms with E-state index in [9.17, 15) is 13.6 Å². The lowest BCUT2D eigenvalue weighted by molar-refractivity contribution is -0.142. The van der Waals surface area contributed by atoms with Crippen LogP contribution in [0.1, 0.15) is 18.1 Å². The van der Waals surface area contributed by atoms with E-state index in [4.69, 9.17) is 11.6 Å². The van der Waals surface area contributed by atoms with Crippen molar-refractivity contribution in [2.45, 2.75) is 25.6 Å². The van der Waals surface area contributed by atoms with Gasteiger partial charge in [0, 0.05) is 6.42 Å². The van der Waals surface area contributed by atoms with E-state index in [1.807, 2.05) is 0 Å². The van der Waals surface area contributed by atoms with E-state index in [0.29, 0.717) is 0 Å². The van der Waals surface area contributed by atoms with Gasteiger partial charge in [-0.1, -0.05) is 0 Å². The summed E-state index contributed by atoms with van der Waals surface area (Å²) < 4.78 is 31.4. The molecule has 0 saturated carbocycles. The highest BCUT2D eigenvalue weighted by Gasteiger charge is 2.19. The molecule has 0 aromatic heterocycles. The van der Waals surface area contributed by atoms with Crippen LogP contribution < -0.4 is 0 Å². The Morgan fingerprint density at radius 1 is 1.41 bits per heavy atom. The van der Waals surface area contributed by atoms with Crippen LogP contribution in [0.5, 0.6) is 0 Å². The number of aryl methyl sites for hydroxylation is 1. The number of carbonyl (C=O) groups is 1. The predicted octanol–water partition coefficient (Wildman–Crippen LogP) is 2.99. The highest BCUT2D eigenvalue weighted by Crippen LogP contribution is 2.18. The molecule has 0 fully saturated rings. The number of benzene rings is 1. The van der Waals surface area contributed by atoms with E-state index in [-0.39, 0.29) is 24.2 Å². The van der Waals surface area contributed by atoms with E-state index in [2.05, 4.69) is 4.74 Å². The van der Waals surface area contributed by atoms with Gasteiger partial charge < -0.3 is 4.74 Å². The second-order valence-corrected chi connectivity index (χ2v) is 4.14. The van der Waals surface area contributed by atoms with Crippen molar-refractivity contribution in [2.24, 2.45) is 0 Å². The third-order valence-corrected chi connectivity index (χ3v) is 2.60. The summed E-state index contributed by atoms with van der Waals surface area (Å²) in [6, 6.07) is 2.14. The van der Waals surface area contributed by atoms with Gasteiger partial charge in [0.15, 0.2) is 0 Å². The summed E-state index contributed by atoms with van der Waals surface area (Å²) in [7, 11) is 0. The Labute approximate surface area is 104 Å². The minimum absolute atomic E-state index is 0.0705. The van der Waals surface area contributed by atoms with E-state index in [1.165, 1.54) is 6.92 Å². The maximum atomic E-state index is 13.5. The van der Waals surface area contributed by atoms with Gasteiger partial charge in [-0.3, -0.25) is 4.79 Å². The highest BCUT2D eigenvalue weighted by molar-refractivity contribution is 6.30. The van der Waals surface area contributed by atoms with Gasteiger partial charge in [-0.2, -0.15) is 0 Å². The maximum Gasteiger partial charge on any atom is 0.324 e. The minimum atomic E-state index is -1.01. The van der Waals surface area contributed by atoms with E-state index >= 15 is 0 Å². The van der Waals surface area contributed by atoms with E-state index < -0.39 is 23.0 Å². The van der Waals surface area contributed by atoms with Crippen molar-refractivity contribution in [1.82, 2.24) is 0 Å². The van der Waals surface area contributed by atoms with Crippen LogP contribution in [0.15, 0.2) is 12.1 Å². The molecule has 0 bridgehead atoms. The van der Waals surface area contributed by atoms with Gasteiger partial charge in [-0.05, 0) is 37.1 Å². The number of hydrogen-bond acceptors (Lipinski definition) is 2. The van der Waals surface area contributed by atoms with Crippen molar-refractivity contribution in [3.63, 3.8) is 0 Å². The van der Waals surface area contributed by atoms with Gasteiger partial charge in [0.2, 0.25) is 0 Å². The lowest BCUT2D eigenvalue weighted by Crippen LogP contribution is -2.20. The molecule has 94 valence electrons. The van der Waals surface area contributed by atoms with Crippen LogP contribution in [0.25, 0.3) is 0 Å². The van der Waals surface area contributed by atoms with Crippen molar-refractivity contribution < 1.29 is 18.3 Å². The Kier molecular flexibility index (Phi) is 4.87. The number of alkyl halides is 1. The van der Waals surface area contributed by atoms with Crippen molar-refractivity contribution in [3.8, 4) is 0 Å². The molecule has 0 spiro atoms. The number of esters is 1. The molecule has 2 nitrogen and oxygen atoms in total. The molecule has 0 aliphatic rings. The summed E-state index contributed by atoms with van der Waals surface area (Å²) in [4.78, 5) is 11.2. The van der Waals surface area contributed by atoms with Gasteiger partial charge in [-0.15, -0.1) is 11.6 Å². The summed E-state index contributed by atoms with van der Waals surface area (Å²) in [5, 5.41) is -1.01. The molecular formula is C12H13ClF2O2. The van der Waals surface area contributed by atoms with Crippen molar-refractivity contribution >= 4 is 17.6 Å². The lowest BCUT2D eigenvalue weighted by atomic mass is 10.1. The summed E-state index contributed by atoms with van der Waals surface area (Å²) >= 11 is 5.75. The molecule has 1 rings (SSSR count). The zero-order valence-corrected chi connectivity index (χ0v) is 10.4. The SMILES string of the molecule is CCOC(=O)C(Cl)Cc1cc(F)c(C)cc1F. The summed E-state index contributed by atoms with van der Waals surface area (Å²) in [6.07, 6.45) is -0.0938. The van der Waals surface area contributed by atoms with E-state index in [1.54, 1.807) is 6.92 Å². The average Bonchev–Trinajstić information content (AvgIpc) is 2.26. The molecule has 0 amide bonds. The number of halogens is 3. The topological polar surface area (TPSA) is 26.3 Å². The van der Waals surface area contributed by atoms with Gasteiger partial charge in [0.1, 0.15) is 17.0 Å². The lowest BCUT2D eigenvalue weighted by Gasteiger charge is -2.10. The molecule has 0 N–H and O–H groups in total. The molecular weight excluding hydrogens is 250 g/mol. The monoisotopic (exact) mass is 262 g/mol. The molecule has 17 heavy (non-hydrogen) atoms. The van der Waals surface area contributed by atoms with E-state index in [0.717, 1.165) is 12.1 Å². The molecule has 0 radical (unpaired) electrons. The van der Waals surface area contributed by atoms with Crippen molar-refractivity contribution in [2.75, 3.05) is 6.61 Å². The molecule has 1 atom stereocenters. The van der Waals surface area contributed by atoms with Crippen LogP contribution in [-0.2, 0) is 16.0 Å². The standard InChI is InChI=1S/C12H13ClF2O2/c1-3-17-12(16)9(13)5-8-6-10(14)7(2)4-11(8)15/h4,6,9H,3,5H2,1-2H3. The molecule has 0 heterocycles. The predicted molar refractivity (Wildman–Crippen MR) is 61.1 cm³/mol. The number of carbonyl (C=O) groups excluding carboxylic acids is 1. The highest BCUT2D eigenvalue weighted by atomic mass is 35.5. The fourth-order valence-corrected chi connectivity index (χ4v) is 1.58. The van der Waals surface area contributed by atoms with Crippen LogP contribution >= 0.6 is 11.6 Å². The molecule has 1 unspecified atom stereocenters. The fraction of sp³-hybridized carbons (Fsp3) is 0.417. The second kappa shape index (κ2) is 5.96. The Balaban J connectivity index is 2.81. The first kappa shape index (κ1) is 13.9. The molecule has 1 aromatic carbocycles. The van der Waals surface area contributed by atoms with Gasteiger partial charge in [-0.25, -0.2) is 8.78 Å². The van der Waals surface area contributed by atoms with Crippen molar-refractivity contribution in [1.29, 1.82) is 0 Å². The Hall–Kier alpha value is -1.16. The van der Waals surface area contributed by atoms with Crippen LogP contribution in [0.3, 0.4) is 0 Å². The number of hydrogen-bond donors (Lipinski definition) is 0. The average molecular weight is 263 g/mol. The zero-order chi connectivity index (χ0) is 13.0. The minimum Gasteiger partial charge on any atom is -0.465 e. The largest absolute Gasteiger partial charge is 0.465 e. The number of rotatable bonds is 4. The third kappa shape index (κ3) is 3.66. The first-order chi connectivity index (χ1) is 7.95. The Bertz CT molecular complexity index is 421. The smallest absolute Gasteiger partial charge is 0.324 e. The second-order valence-electron chi connectivity index (χ2n) is 3.62. The van der Waals surface area contributed by atoms with Crippen LogP contribution in [0.2, 0.25) is 0 Å². The maximum absolute atomic E-state index is 13.5. The Morgan fingerprint density at radius 3 is 2.65 bits per heavy atom. The normalized spacial score (nSPS) is 12.3.